The van der Waals surface area contributed by atoms with Crippen LogP contribution in [0.5, 0.6) is 0 Å². The number of hydrazone groups is 1. The Morgan fingerprint density at radius 3 is 2.77 bits per heavy atom. The highest BCUT2D eigenvalue weighted by Crippen LogP contribution is 2.16. The van der Waals surface area contributed by atoms with E-state index in [-0.39, 0.29) is 0 Å². The quantitative estimate of drug-likeness (QED) is 0.446. The first-order chi connectivity index (χ1) is 10.6. The molecule has 0 aliphatic rings. The molecule has 2 aromatic carbocycles. The molecule has 1 aromatic heterocycles. The van der Waals surface area contributed by atoms with Crippen LogP contribution < -0.4 is 11.1 Å². The topological polar surface area (TPSA) is 54.6 Å². The Labute approximate surface area is 132 Å². The summed E-state index contributed by atoms with van der Waals surface area (Å²) < 4.78 is 5.30. The van der Waals surface area contributed by atoms with E-state index < -0.39 is 5.63 Å². The molecule has 3 aromatic rings. The van der Waals surface area contributed by atoms with E-state index in [4.69, 9.17) is 16.0 Å². The number of para-hydroxylation sites is 1. The smallest absolute Gasteiger partial charge is 0.345 e. The molecule has 1 heterocycles. The van der Waals surface area contributed by atoms with E-state index in [0.29, 0.717) is 21.9 Å². The van der Waals surface area contributed by atoms with E-state index in [9.17, 15) is 4.79 Å². The van der Waals surface area contributed by atoms with Crippen LogP contribution in [0.15, 0.2) is 68.9 Å². The van der Waals surface area contributed by atoms with Gasteiger partial charge in [0.15, 0.2) is 0 Å². The number of halogens is 1. The molecule has 0 aliphatic carbocycles. The van der Waals surface area contributed by atoms with Gasteiger partial charge in [-0.25, -0.2) is 4.79 Å². The highest BCUT2D eigenvalue weighted by Gasteiger charge is 2.08. The van der Waals surface area contributed by atoms with E-state index in [1.807, 2.05) is 30.3 Å². The number of nitrogens with one attached hydrogen (secondary N) is 1. The van der Waals surface area contributed by atoms with E-state index >= 15 is 0 Å². The zero-order chi connectivity index (χ0) is 15.5. The minimum Gasteiger partial charge on any atom is -0.422 e. The number of hydrogen-bond donors (Lipinski definition) is 1. The normalized spacial score (nSPS) is 11.6. The number of nitrogens with zero attached hydrogens (tertiary/aromatic N) is 1. The summed E-state index contributed by atoms with van der Waals surface area (Å²) >= 11 is 5.91. The lowest BCUT2D eigenvalue weighted by Crippen LogP contribution is -2.13. The summed E-state index contributed by atoms with van der Waals surface area (Å²) in [5.74, 6) is 0. The van der Waals surface area contributed by atoms with Gasteiger partial charge in [0, 0.05) is 10.4 Å². The molecule has 0 amide bonds. The Hall–Kier alpha value is -2.59. The maximum Gasteiger partial charge on any atom is 0.345 e. The van der Waals surface area contributed by atoms with Crippen molar-refractivity contribution >= 4 is 34.0 Å². The second-order valence-electron chi connectivity index (χ2n) is 4.80. The van der Waals surface area contributed by atoms with E-state index in [2.05, 4.69) is 10.5 Å². The van der Waals surface area contributed by atoms with Crippen molar-refractivity contribution in [2.45, 2.75) is 6.92 Å². The minimum absolute atomic E-state index is 0.409. The lowest BCUT2D eigenvalue weighted by atomic mass is 10.1. The number of hydrogen-bond acceptors (Lipinski definition) is 4. The van der Waals surface area contributed by atoms with Crippen LogP contribution in [0.1, 0.15) is 12.5 Å². The monoisotopic (exact) mass is 312 g/mol. The summed E-state index contributed by atoms with van der Waals surface area (Å²) in [6, 6.07) is 16.3. The van der Waals surface area contributed by atoms with Crippen LogP contribution in [0, 0.1) is 0 Å². The lowest BCUT2D eigenvalue weighted by Gasteiger charge is -2.04. The number of benzene rings is 2. The molecule has 0 bridgehead atoms. The van der Waals surface area contributed by atoms with Crippen LogP contribution in [0.25, 0.3) is 11.0 Å². The Bertz CT molecular complexity index is 916. The van der Waals surface area contributed by atoms with E-state index in [0.717, 1.165) is 11.1 Å². The molecular weight excluding hydrogens is 300 g/mol. The SMILES string of the molecule is C/C(=N\Nc1cccc(Cl)c1)c1cc2ccccc2oc1=O. The number of rotatable bonds is 3. The predicted octanol–water partition coefficient (Wildman–Crippen LogP) is 4.28. The molecule has 22 heavy (non-hydrogen) atoms. The average molecular weight is 313 g/mol. The van der Waals surface area contributed by atoms with Crippen LogP contribution in [-0.4, -0.2) is 5.71 Å². The average Bonchev–Trinajstić information content (AvgIpc) is 2.52. The third-order valence-corrected chi connectivity index (χ3v) is 3.44. The van der Waals surface area contributed by atoms with E-state index in [1.54, 1.807) is 31.2 Å². The molecule has 0 atom stereocenters. The molecule has 110 valence electrons. The molecule has 0 saturated carbocycles. The fraction of sp³-hybridized carbons (Fsp3) is 0.0588. The fourth-order valence-electron chi connectivity index (χ4n) is 2.08. The van der Waals surface area contributed by atoms with Crippen molar-refractivity contribution in [1.82, 2.24) is 0 Å². The molecule has 0 spiro atoms. The maximum absolute atomic E-state index is 12.0. The zero-order valence-electron chi connectivity index (χ0n) is 11.8. The minimum atomic E-state index is -0.409. The van der Waals surface area contributed by atoms with Gasteiger partial charge in [0.25, 0.3) is 0 Å². The largest absolute Gasteiger partial charge is 0.422 e. The summed E-state index contributed by atoms with van der Waals surface area (Å²) in [6.07, 6.45) is 0. The zero-order valence-corrected chi connectivity index (χ0v) is 12.6. The van der Waals surface area contributed by atoms with Crippen LogP contribution in [0.2, 0.25) is 5.02 Å². The highest BCUT2D eigenvalue weighted by atomic mass is 35.5. The maximum atomic E-state index is 12.0. The predicted molar refractivity (Wildman–Crippen MR) is 89.8 cm³/mol. The number of anilines is 1. The molecule has 4 nitrogen and oxygen atoms in total. The molecule has 0 saturated heterocycles. The molecule has 0 aliphatic heterocycles. The highest BCUT2D eigenvalue weighted by molar-refractivity contribution is 6.30. The fourth-order valence-corrected chi connectivity index (χ4v) is 2.27. The first kappa shape index (κ1) is 14.4. The van der Waals surface area contributed by atoms with Crippen LogP contribution in [0.4, 0.5) is 5.69 Å². The van der Waals surface area contributed by atoms with Crippen molar-refractivity contribution in [3.63, 3.8) is 0 Å². The third-order valence-electron chi connectivity index (χ3n) is 3.21. The van der Waals surface area contributed by atoms with Crippen LogP contribution in [0.3, 0.4) is 0 Å². The van der Waals surface area contributed by atoms with Gasteiger partial charge in [-0.15, -0.1) is 0 Å². The summed E-state index contributed by atoms with van der Waals surface area (Å²) in [7, 11) is 0. The Morgan fingerprint density at radius 1 is 1.14 bits per heavy atom. The Kier molecular flexibility index (Phi) is 3.94. The second-order valence-corrected chi connectivity index (χ2v) is 5.24. The molecule has 5 heteroatoms. The van der Waals surface area contributed by atoms with Gasteiger partial charge in [-0.3, -0.25) is 5.43 Å². The standard InChI is InChI=1S/C17H13ClN2O2/c1-11(19-20-14-7-4-6-13(18)10-14)15-9-12-5-2-3-8-16(12)22-17(15)21/h2-10,20H,1H3/b19-11+. The van der Waals surface area contributed by atoms with Crippen molar-refractivity contribution in [2.75, 3.05) is 5.43 Å². The first-order valence-electron chi connectivity index (χ1n) is 6.72. The van der Waals surface area contributed by atoms with Crippen molar-refractivity contribution in [3.8, 4) is 0 Å². The van der Waals surface area contributed by atoms with Gasteiger partial charge in [0.1, 0.15) is 5.58 Å². The lowest BCUT2D eigenvalue weighted by molar-refractivity contribution is 0.559. The van der Waals surface area contributed by atoms with Gasteiger partial charge in [-0.2, -0.15) is 5.10 Å². The summed E-state index contributed by atoms with van der Waals surface area (Å²) in [4.78, 5) is 12.0. The van der Waals surface area contributed by atoms with Crippen molar-refractivity contribution < 1.29 is 4.42 Å². The first-order valence-corrected chi connectivity index (χ1v) is 7.10. The van der Waals surface area contributed by atoms with Gasteiger partial charge >= 0.3 is 5.63 Å². The number of fused-ring (bicyclic) bond motifs is 1. The van der Waals surface area contributed by atoms with E-state index in [1.165, 1.54) is 0 Å². The summed E-state index contributed by atoms with van der Waals surface area (Å²) in [6.45, 7) is 1.75. The van der Waals surface area contributed by atoms with Crippen molar-refractivity contribution in [2.24, 2.45) is 5.10 Å². The van der Waals surface area contributed by atoms with Gasteiger partial charge in [0.2, 0.25) is 0 Å². The van der Waals surface area contributed by atoms with Crippen LogP contribution >= 0.6 is 11.6 Å². The molecule has 0 unspecified atom stereocenters. The van der Waals surface area contributed by atoms with Crippen molar-refractivity contribution in [3.05, 3.63) is 75.6 Å². The second kappa shape index (κ2) is 6.03. The summed E-state index contributed by atoms with van der Waals surface area (Å²) in [5.41, 5.74) is 4.75. The van der Waals surface area contributed by atoms with Gasteiger partial charge in [0.05, 0.1) is 17.0 Å². The molecular formula is C17H13ClN2O2. The van der Waals surface area contributed by atoms with Crippen molar-refractivity contribution in [1.29, 1.82) is 0 Å². The van der Waals surface area contributed by atoms with Gasteiger partial charge in [-0.05, 0) is 37.3 Å². The Morgan fingerprint density at radius 2 is 1.95 bits per heavy atom. The molecule has 1 N–H and O–H groups in total. The van der Waals surface area contributed by atoms with Crippen LogP contribution in [-0.2, 0) is 0 Å². The van der Waals surface area contributed by atoms with Gasteiger partial charge < -0.3 is 4.42 Å². The van der Waals surface area contributed by atoms with Gasteiger partial charge in [-0.1, -0.05) is 35.9 Å². The molecule has 3 rings (SSSR count). The molecule has 0 radical (unpaired) electrons. The third kappa shape index (κ3) is 3.02. The Balaban J connectivity index is 1.94. The summed E-state index contributed by atoms with van der Waals surface area (Å²) in [5, 5.41) is 5.69. The molecule has 0 fully saturated rings.